The minimum atomic E-state index is -1.56. The summed E-state index contributed by atoms with van der Waals surface area (Å²) < 4.78 is 21.5. The van der Waals surface area contributed by atoms with Crippen LogP contribution in [0.2, 0.25) is 0 Å². The van der Waals surface area contributed by atoms with E-state index >= 15 is 0 Å². The fraction of sp³-hybridized carbons (Fsp3) is 0.417. The molecule has 17 heavy (non-hydrogen) atoms. The van der Waals surface area contributed by atoms with Gasteiger partial charge in [0.05, 0.1) is 12.9 Å². The maximum Gasteiger partial charge on any atom is 0.339 e. The summed E-state index contributed by atoms with van der Waals surface area (Å²) in [7, 11) is 1.27. The van der Waals surface area contributed by atoms with Crippen molar-refractivity contribution in [3.63, 3.8) is 0 Å². The molecule has 0 saturated carbocycles. The first kappa shape index (κ1) is 13.9. The van der Waals surface area contributed by atoms with Crippen molar-refractivity contribution < 1.29 is 17.9 Å². The lowest BCUT2D eigenvalue weighted by molar-refractivity contribution is -0.155. The first-order valence-corrected chi connectivity index (χ1v) is 6.40. The molecule has 0 saturated heterocycles. The van der Waals surface area contributed by atoms with Crippen molar-refractivity contribution in [1.82, 2.24) is 0 Å². The molecule has 0 amide bonds. The van der Waals surface area contributed by atoms with Crippen LogP contribution in [0.5, 0.6) is 0 Å². The molecular formula is C12H16O4S. The summed E-state index contributed by atoms with van der Waals surface area (Å²) in [4.78, 5) is 11.3. The summed E-state index contributed by atoms with van der Waals surface area (Å²) in [6.45, 7) is 3.06. The van der Waals surface area contributed by atoms with Crippen LogP contribution in [0.1, 0.15) is 19.4 Å². The highest BCUT2D eigenvalue weighted by Crippen LogP contribution is 2.15. The summed E-state index contributed by atoms with van der Waals surface area (Å²) in [5.41, 5.74) is -0.305. The van der Waals surface area contributed by atoms with Gasteiger partial charge in [-0.25, -0.2) is 9.00 Å². The summed E-state index contributed by atoms with van der Waals surface area (Å²) in [6.07, 6.45) is 0. The first-order chi connectivity index (χ1) is 7.95. The van der Waals surface area contributed by atoms with Crippen LogP contribution >= 0.6 is 0 Å². The number of methoxy groups -OCH3 is 1. The molecule has 0 aliphatic carbocycles. The molecule has 0 aliphatic rings. The number of carbonyl (C=O) groups excluding carboxylic acids is 1. The highest BCUT2D eigenvalue weighted by molar-refractivity contribution is 7.79. The van der Waals surface area contributed by atoms with Gasteiger partial charge in [-0.05, 0) is 19.4 Å². The van der Waals surface area contributed by atoms with Crippen molar-refractivity contribution >= 4 is 17.0 Å². The van der Waals surface area contributed by atoms with Crippen molar-refractivity contribution in [3.8, 4) is 0 Å². The van der Waals surface area contributed by atoms with Crippen molar-refractivity contribution in [2.24, 2.45) is 0 Å². The maximum atomic E-state index is 11.7. The van der Waals surface area contributed by atoms with Gasteiger partial charge < -0.3 is 4.74 Å². The van der Waals surface area contributed by atoms with E-state index < -0.39 is 22.7 Å². The van der Waals surface area contributed by atoms with Gasteiger partial charge in [0.15, 0.2) is 16.7 Å². The third-order valence-electron chi connectivity index (χ3n) is 2.11. The van der Waals surface area contributed by atoms with Gasteiger partial charge in [0.2, 0.25) is 0 Å². The number of hydrogen-bond acceptors (Lipinski definition) is 4. The Hall–Kier alpha value is -1.20. The molecule has 0 heterocycles. The number of benzene rings is 1. The van der Waals surface area contributed by atoms with E-state index in [0.717, 1.165) is 5.56 Å². The highest BCUT2D eigenvalue weighted by atomic mass is 32.2. The van der Waals surface area contributed by atoms with E-state index in [1.807, 2.05) is 30.3 Å². The molecule has 0 bridgehead atoms. The lowest BCUT2D eigenvalue weighted by Crippen LogP contribution is -2.36. The van der Waals surface area contributed by atoms with E-state index in [-0.39, 0.29) is 5.75 Å². The average Bonchev–Trinajstić information content (AvgIpc) is 2.28. The van der Waals surface area contributed by atoms with Gasteiger partial charge in [-0.2, -0.15) is 0 Å². The lowest BCUT2D eigenvalue weighted by atomic mass is 10.1. The second-order valence-corrected chi connectivity index (χ2v) is 5.08. The zero-order valence-corrected chi connectivity index (χ0v) is 11.0. The van der Waals surface area contributed by atoms with Gasteiger partial charge >= 0.3 is 5.97 Å². The predicted octanol–water partition coefficient (Wildman–Crippen LogP) is 1.82. The number of rotatable bonds is 5. The molecule has 0 fully saturated rings. The molecule has 1 aromatic rings. The van der Waals surface area contributed by atoms with Gasteiger partial charge in [0.1, 0.15) is 0 Å². The standard InChI is InChI=1S/C12H16O4S/c1-12(2,11(13)15-3)16-17(14)9-10-7-5-4-6-8-10/h4-8H,9H2,1-3H3. The number of carbonyl (C=O) groups is 1. The molecule has 1 unspecified atom stereocenters. The fourth-order valence-corrected chi connectivity index (χ4v) is 2.31. The van der Waals surface area contributed by atoms with Gasteiger partial charge in [-0.15, -0.1) is 0 Å². The van der Waals surface area contributed by atoms with Crippen molar-refractivity contribution in [3.05, 3.63) is 35.9 Å². The van der Waals surface area contributed by atoms with Crippen LogP contribution in [0.3, 0.4) is 0 Å². The molecule has 0 radical (unpaired) electrons. The second-order valence-electron chi connectivity index (χ2n) is 4.02. The minimum Gasteiger partial charge on any atom is -0.467 e. The van der Waals surface area contributed by atoms with Gasteiger partial charge in [-0.3, -0.25) is 4.18 Å². The fourth-order valence-electron chi connectivity index (χ4n) is 1.25. The third-order valence-corrected chi connectivity index (χ3v) is 3.28. The average molecular weight is 256 g/mol. The van der Waals surface area contributed by atoms with Crippen molar-refractivity contribution in [2.45, 2.75) is 25.2 Å². The molecule has 1 atom stereocenters. The molecule has 1 aromatic carbocycles. The van der Waals surface area contributed by atoms with Gasteiger partial charge in [0.25, 0.3) is 0 Å². The Kier molecular flexibility index (Phi) is 4.84. The zero-order chi connectivity index (χ0) is 12.9. The van der Waals surface area contributed by atoms with Crippen LogP contribution < -0.4 is 0 Å². The van der Waals surface area contributed by atoms with E-state index in [0.29, 0.717) is 0 Å². The molecule has 94 valence electrons. The first-order valence-electron chi connectivity index (χ1n) is 5.16. The highest BCUT2D eigenvalue weighted by Gasteiger charge is 2.32. The molecule has 0 N–H and O–H groups in total. The Labute approximate surface area is 104 Å². The minimum absolute atomic E-state index is 0.251. The monoisotopic (exact) mass is 256 g/mol. The molecule has 0 aliphatic heterocycles. The van der Waals surface area contributed by atoms with E-state index in [1.54, 1.807) is 0 Å². The van der Waals surface area contributed by atoms with Crippen molar-refractivity contribution in [1.29, 1.82) is 0 Å². The Morgan fingerprint density at radius 1 is 1.29 bits per heavy atom. The number of ether oxygens (including phenoxy) is 1. The maximum absolute atomic E-state index is 11.7. The molecule has 4 nitrogen and oxygen atoms in total. The molecule has 0 aromatic heterocycles. The largest absolute Gasteiger partial charge is 0.467 e. The van der Waals surface area contributed by atoms with E-state index in [2.05, 4.69) is 4.74 Å². The molecular weight excluding hydrogens is 240 g/mol. The number of hydrogen-bond donors (Lipinski definition) is 0. The Morgan fingerprint density at radius 3 is 2.41 bits per heavy atom. The van der Waals surface area contributed by atoms with Crippen LogP contribution in [-0.2, 0) is 30.5 Å². The zero-order valence-electron chi connectivity index (χ0n) is 10.1. The Morgan fingerprint density at radius 2 is 1.88 bits per heavy atom. The van der Waals surface area contributed by atoms with E-state index in [4.69, 9.17) is 4.18 Å². The van der Waals surface area contributed by atoms with Crippen LogP contribution in [0.25, 0.3) is 0 Å². The van der Waals surface area contributed by atoms with Crippen LogP contribution in [0.15, 0.2) is 30.3 Å². The summed E-state index contributed by atoms with van der Waals surface area (Å²) in [6, 6.07) is 9.31. The number of esters is 1. The van der Waals surface area contributed by atoms with E-state index in [9.17, 15) is 9.00 Å². The second kappa shape index (κ2) is 5.93. The summed E-state index contributed by atoms with van der Waals surface area (Å²) in [5, 5.41) is 0. The van der Waals surface area contributed by atoms with Crippen molar-refractivity contribution in [2.75, 3.05) is 7.11 Å². The third kappa shape index (κ3) is 4.28. The van der Waals surface area contributed by atoms with Crippen LogP contribution in [0.4, 0.5) is 0 Å². The lowest BCUT2D eigenvalue weighted by Gasteiger charge is -2.20. The van der Waals surface area contributed by atoms with Crippen LogP contribution in [0, 0.1) is 0 Å². The summed E-state index contributed by atoms with van der Waals surface area (Å²) >= 11 is -1.56. The quantitative estimate of drug-likeness (QED) is 0.754. The molecule has 1 rings (SSSR count). The predicted molar refractivity (Wildman–Crippen MR) is 65.5 cm³/mol. The molecule has 0 spiro atoms. The normalized spacial score (nSPS) is 13.1. The van der Waals surface area contributed by atoms with Crippen LogP contribution in [-0.4, -0.2) is 22.9 Å². The Bertz CT molecular complexity index is 400. The summed E-state index contributed by atoms with van der Waals surface area (Å²) in [5.74, 6) is -0.291. The molecule has 5 heteroatoms. The topological polar surface area (TPSA) is 52.6 Å². The smallest absolute Gasteiger partial charge is 0.339 e. The van der Waals surface area contributed by atoms with Gasteiger partial charge in [-0.1, -0.05) is 30.3 Å². The Balaban J connectivity index is 2.59. The SMILES string of the molecule is COC(=O)C(C)(C)OS(=O)Cc1ccccc1. The van der Waals surface area contributed by atoms with E-state index in [1.165, 1.54) is 21.0 Å². The van der Waals surface area contributed by atoms with Gasteiger partial charge in [0, 0.05) is 0 Å².